The Morgan fingerprint density at radius 1 is 0.971 bits per heavy atom. The van der Waals surface area contributed by atoms with Crippen molar-refractivity contribution in [1.82, 2.24) is 0 Å². The monoisotopic (exact) mass is 483 g/mol. The Hall–Kier alpha value is -3.48. The zero-order valence-corrected chi connectivity index (χ0v) is 19.5. The molecule has 0 bridgehead atoms. The van der Waals surface area contributed by atoms with Gasteiger partial charge in [0.25, 0.3) is 0 Å². The third-order valence-electron chi connectivity index (χ3n) is 6.14. The van der Waals surface area contributed by atoms with Gasteiger partial charge in [-0.25, -0.2) is 0 Å². The van der Waals surface area contributed by atoms with Crippen LogP contribution >= 0.6 is 0 Å². The Bertz CT molecular complexity index is 1170. The molecule has 1 aliphatic rings. The van der Waals surface area contributed by atoms with E-state index in [0.29, 0.717) is 23.8 Å². The number of hydrogen-bond acceptors (Lipinski definition) is 4. The molecule has 3 aromatic rings. The second-order valence-corrected chi connectivity index (χ2v) is 8.57. The van der Waals surface area contributed by atoms with Gasteiger partial charge in [0.05, 0.1) is 12.2 Å². The number of nitrogens with zero attached hydrogens (tertiary/aromatic N) is 1. The van der Waals surface area contributed by atoms with Gasteiger partial charge >= 0.3 is 6.18 Å². The third kappa shape index (κ3) is 6.15. The van der Waals surface area contributed by atoms with E-state index in [2.05, 4.69) is 4.99 Å². The van der Waals surface area contributed by atoms with E-state index in [0.717, 1.165) is 12.1 Å². The number of phenols is 1. The molecule has 4 rings (SSSR count). The van der Waals surface area contributed by atoms with Crippen LogP contribution in [0.5, 0.6) is 23.0 Å². The molecular weight excluding hydrogens is 455 g/mol. The number of alkyl halides is 3. The van der Waals surface area contributed by atoms with Crippen LogP contribution < -0.4 is 9.47 Å². The standard InChI is InChI=1S/C28H28F3NO3/c1-2-34-26-10-6-9-21(27(26)33)18-32-24-17-22(28(29,30)31)13-16-25(24)35-23-14-11-20(12-15-23)19-7-4-3-5-8-19/h6,9-19,33H,2-5,7-8H2,1H3. The molecule has 1 aliphatic carbocycles. The van der Waals surface area contributed by atoms with Crippen molar-refractivity contribution in [3.8, 4) is 23.0 Å². The zero-order chi connectivity index (χ0) is 24.8. The zero-order valence-electron chi connectivity index (χ0n) is 19.5. The van der Waals surface area contributed by atoms with Crippen LogP contribution in [0.4, 0.5) is 18.9 Å². The number of ether oxygens (including phenoxy) is 2. The van der Waals surface area contributed by atoms with E-state index in [1.807, 2.05) is 24.3 Å². The molecule has 7 heteroatoms. The van der Waals surface area contributed by atoms with Crippen LogP contribution in [0, 0.1) is 0 Å². The highest BCUT2D eigenvalue weighted by Crippen LogP contribution is 2.39. The lowest BCUT2D eigenvalue weighted by Gasteiger charge is -2.22. The summed E-state index contributed by atoms with van der Waals surface area (Å²) in [6.45, 7) is 2.15. The van der Waals surface area contributed by atoms with E-state index in [1.54, 1.807) is 25.1 Å². The lowest BCUT2D eigenvalue weighted by Crippen LogP contribution is -2.04. The summed E-state index contributed by atoms with van der Waals surface area (Å²) in [6.07, 6.45) is 2.87. The molecule has 184 valence electrons. The predicted octanol–water partition coefficient (Wildman–Crippen LogP) is 8.40. The van der Waals surface area contributed by atoms with Crippen LogP contribution in [-0.4, -0.2) is 17.9 Å². The molecule has 4 nitrogen and oxygen atoms in total. The second-order valence-electron chi connectivity index (χ2n) is 8.57. The summed E-state index contributed by atoms with van der Waals surface area (Å²) in [5, 5.41) is 10.4. The first-order valence-electron chi connectivity index (χ1n) is 11.8. The summed E-state index contributed by atoms with van der Waals surface area (Å²) in [6, 6.07) is 15.8. The topological polar surface area (TPSA) is 51.0 Å². The Labute approximate surface area is 203 Å². The van der Waals surface area contributed by atoms with Crippen LogP contribution in [0.3, 0.4) is 0 Å². The number of benzene rings is 3. The fourth-order valence-corrected chi connectivity index (χ4v) is 4.31. The maximum Gasteiger partial charge on any atom is 0.416 e. The first-order valence-corrected chi connectivity index (χ1v) is 11.8. The van der Waals surface area contributed by atoms with Gasteiger partial charge in [0, 0.05) is 11.8 Å². The maximum atomic E-state index is 13.4. The molecule has 0 heterocycles. The highest BCUT2D eigenvalue weighted by atomic mass is 19.4. The van der Waals surface area contributed by atoms with Crippen molar-refractivity contribution in [3.63, 3.8) is 0 Å². The molecule has 0 radical (unpaired) electrons. The molecule has 1 saturated carbocycles. The number of hydrogen-bond donors (Lipinski definition) is 1. The average Bonchev–Trinajstić information content (AvgIpc) is 2.86. The minimum absolute atomic E-state index is 0.00241. The fourth-order valence-electron chi connectivity index (χ4n) is 4.31. The lowest BCUT2D eigenvalue weighted by molar-refractivity contribution is -0.137. The minimum atomic E-state index is -4.53. The summed E-state index contributed by atoms with van der Waals surface area (Å²) in [4.78, 5) is 4.23. The van der Waals surface area contributed by atoms with Crippen molar-refractivity contribution < 1.29 is 27.8 Å². The van der Waals surface area contributed by atoms with Crippen LogP contribution in [0.25, 0.3) is 0 Å². The van der Waals surface area contributed by atoms with E-state index in [4.69, 9.17) is 9.47 Å². The van der Waals surface area contributed by atoms with Crippen molar-refractivity contribution in [3.05, 3.63) is 77.4 Å². The molecule has 1 fully saturated rings. The van der Waals surface area contributed by atoms with Crippen molar-refractivity contribution in [2.75, 3.05) is 6.61 Å². The van der Waals surface area contributed by atoms with E-state index < -0.39 is 11.7 Å². The molecule has 0 atom stereocenters. The summed E-state index contributed by atoms with van der Waals surface area (Å²) in [5.74, 6) is 1.38. The van der Waals surface area contributed by atoms with Crippen LogP contribution in [0.2, 0.25) is 0 Å². The molecule has 0 aliphatic heterocycles. The van der Waals surface area contributed by atoms with E-state index >= 15 is 0 Å². The van der Waals surface area contributed by atoms with Gasteiger partial charge in [-0.15, -0.1) is 0 Å². The first-order chi connectivity index (χ1) is 16.8. The number of aliphatic imine (C=N–C) groups is 1. The Morgan fingerprint density at radius 3 is 2.40 bits per heavy atom. The van der Waals surface area contributed by atoms with Crippen molar-refractivity contribution >= 4 is 11.9 Å². The van der Waals surface area contributed by atoms with Gasteiger partial charge in [-0.2, -0.15) is 13.2 Å². The van der Waals surface area contributed by atoms with Crippen molar-refractivity contribution in [2.24, 2.45) is 4.99 Å². The van der Waals surface area contributed by atoms with Crippen LogP contribution in [0.15, 0.2) is 65.7 Å². The Morgan fingerprint density at radius 2 is 1.71 bits per heavy atom. The van der Waals surface area contributed by atoms with Crippen molar-refractivity contribution in [2.45, 2.75) is 51.1 Å². The lowest BCUT2D eigenvalue weighted by atomic mass is 9.84. The first kappa shape index (κ1) is 24.6. The Balaban J connectivity index is 1.61. The quantitative estimate of drug-likeness (QED) is 0.343. The van der Waals surface area contributed by atoms with E-state index in [9.17, 15) is 18.3 Å². The van der Waals surface area contributed by atoms with E-state index in [-0.39, 0.29) is 22.9 Å². The maximum absolute atomic E-state index is 13.4. The number of aromatic hydroxyl groups is 1. The smallest absolute Gasteiger partial charge is 0.416 e. The summed E-state index contributed by atoms with van der Waals surface area (Å²) in [5.41, 5.74) is 0.734. The Kier molecular flexibility index (Phi) is 7.63. The van der Waals surface area contributed by atoms with Crippen LogP contribution in [0.1, 0.15) is 61.6 Å². The molecule has 0 unspecified atom stereocenters. The van der Waals surface area contributed by atoms with Gasteiger partial charge < -0.3 is 14.6 Å². The normalized spacial score (nSPS) is 14.9. The number of halogens is 3. The SMILES string of the molecule is CCOc1cccc(C=Nc2cc(C(F)(F)F)ccc2Oc2ccc(C3CCCCC3)cc2)c1O. The van der Waals surface area contributed by atoms with E-state index in [1.165, 1.54) is 49.9 Å². The molecule has 35 heavy (non-hydrogen) atoms. The van der Waals surface area contributed by atoms with Gasteiger partial charge in [0.1, 0.15) is 11.4 Å². The van der Waals surface area contributed by atoms with Gasteiger partial charge in [0.15, 0.2) is 17.2 Å². The summed E-state index contributed by atoms with van der Waals surface area (Å²) < 4.78 is 51.4. The third-order valence-corrected chi connectivity index (χ3v) is 6.14. The predicted molar refractivity (Wildman–Crippen MR) is 130 cm³/mol. The summed E-state index contributed by atoms with van der Waals surface area (Å²) >= 11 is 0. The molecular formula is C28H28F3NO3. The highest BCUT2D eigenvalue weighted by molar-refractivity contribution is 5.87. The second kappa shape index (κ2) is 10.8. The number of phenolic OH excluding ortho intramolecular Hbond substituents is 1. The van der Waals surface area contributed by atoms with Gasteiger partial charge in [0.2, 0.25) is 0 Å². The number of para-hydroxylation sites is 1. The highest BCUT2D eigenvalue weighted by Gasteiger charge is 2.31. The number of rotatable bonds is 7. The molecule has 0 saturated heterocycles. The van der Waals surface area contributed by atoms with Gasteiger partial charge in [-0.05, 0) is 73.7 Å². The summed E-state index contributed by atoms with van der Waals surface area (Å²) in [7, 11) is 0. The fraction of sp³-hybridized carbons (Fsp3) is 0.321. The molecule has 0 amide bonds. The largest absolute Gasteiger partial charge is 0.504 e. The molecule has 0 spiro atoms. The molecule has 1 N–H and O–H groups in total. The van der Waals surface area contributed by atoms with Crippen LogP contribution in [-0.2, 0) is 6.18 Å². The van der Waals surface area contributed by atoms with Crippen molar-refractivity contribution in [1.29, 1.82) is 0 Å². The molecule has 3 aromatic carbocycles. The minimum Gasteiger partial charge on any atom is -0.504 e. The van der Waals surface area contributed by atoms with Gasteiger partial charge in [-0.1, -0.05) is 37.5 Å². The van der Waals surface area contributed by atoms with Gasteiger partial charge in [-0.3, -0.25) is 4.99 Å². The average molecular weight is 484 g/mol. The molecule has 0 aromatic heterocycles.